The molecule has 0 heterocycles. The monoisotopic (exact) mass is 568 g/mol. The maximum atomic E-state index is 13.0. The summed E-state index contributed by atoms with van der Waals surface area (Å²) in [7, 11) is -3.89. The lowest BCUT2D eigenvalue weighted by Crippen LogP contribution is -2.22. The summed E-state index contributed by atoms with van der Waals surface area (Å²) in [5.74, 6) is -0.737. The van der Waals surface area contributed by atoms with Gasteiger partial charge in [-0.15, -0.1) is 0 Å². The van der Waals surface area contributed by atoms with E-state index in [-0.39, 0.29) is 32.7 Å². The molecule has 0 saturated heterocycles. The van der Waals surface area contributed by atoms with Crippen molar-refractivity contribution in [3.05, 3.63) is 118 Å². The van der Waals surface area contributed by atoms with Crippen molar-refractivity contribution in [1.29, 1.82) is 0 Å². The molecule has 7 nitrogen and oxygen atoms in total. The number of hydrogen-bond acceptors (Lipinski definition) is 5. The fraction of sp³-hybridized carbons (Fsp3) is 0.0714. The molecule has 0 aliphatic heterocycles. The molecule has 0 aliphatic rings. The molecule has 0 saturated carbocycles. The number of nitrogens with one attached hydrogen (secondary N) is 2. The zero-order valence-corrected chi connectivity index (χ0v) is 22.4. The molecule has 4 aromatic carbocycles. The second-order valence-electron chi connectivity index (χ2n) is 8.29. The molecule has 4 rings (SSSR count). The molecule has 10 heteroatoms. The van der Waals surface area contributed by atoms with Crippen LogP contribution in [-0.4, -0.2) is 26.7 Å². The Balaban J connectivity index is 1.43. The smallest absolute Gasteiger partial charge is 0.262 e. The minimum atomic E-state index is -3.89. The number of aryl methyl sites for hydroxylation is 1. The number of ether oxygens (including phenoxy) is 1. The fourth-order valence-electron chi connectivity index (χ4n) is 3.49. The summed E-state index contributed by atoms with van der Waals surface area (Å²) in [5, 5.41) is 3.01. The van der Waals surface area contributed by atoms with Gasteiger partial charge in [0.1, 0.15) is 5.75 Å². The van der Waals surface area contributed by atoms with Gasteiger partial charge in [0.25, 0.3) is 15.9 Å². The molecule has 0 bridgehead atoms. The molecule has 2 N–H and O–H groups in total. The van der Waals surface area contributed by atoms with E-state index in [4.69, 9.17) is 27.9 Å². The first-order chi connectivity index (χ1) is 18.1. The van der Waals surface area contributed by atoms with E-state index in [0.717, 1.165) is 5.56 Å². The van der Waals surface area contributed by atoms with E-state index in [0.29, 0.717) is 16.3 Å². The highest BCUT2D eigenvalue weighted by Crippen LogP contribution is 2.29. The van der Waals surface area contributed by atoms with Crippen LogP contribution in [0.15, 0.2) is 95.9 Å². The minimum Gasteiger partial charge on any atom is -0.482 e. The number of rotatable bonds is 9. The first kappa shape index (κ1) is 27.2. The van der Waals surface area contributed by atoms with Crippen molar-refractivity contribution in [1.82, 2.24) is 0 Å². The van der Waals surface area contributed by atoms with E-state index >= 15 is 0 Å². The zero-order valence-electron chi connectivity index (χ0n) is 20.1. The summed E-state index contributed by atoms with van der Waals surface area (Å²) < 4.78 is 33.4. The largest absolute Gasteiger partial charge is 0.482 e. The summed E-state index contributed by atoms with van der Waals surface area (Å²) in [5.41, 5.74) is 2.35. The maximum absolute atomic E-state index is 13.0. The Labute approximate surface area is 230 Å². The van der Waals surface area contributed by atoms with Crippen molar-refractivity contribution < 1.29 is 22.7 Å². The van der Waals surface area contributed by atoms with Gasteiger partial charge in [-0.2, -0.15) is 0 Å². The van der Waals surface area contributed by atoms with Crippen LogP contribution in [-0.2, 0) is 14.8 Å². The number of benzene rings is 4. The average molecular weight is 569 g/mol. The van der Waals surface area contributed by atoms with Crippen LogP contribution in [0.3, 0.4) is 0 Å². The van der Waals surface area contributed by atoms with E-state index in [1.807, 2.05) is 6.92 Å². The molecule has 38 heavy (non-hydrogen) atoms. The number of ketones is 1. The summed E-state index contributed by atoms with van der Waals surface area (Å²) in [6.07, 6.45) is 0. The van der Waals surface area contributed by atoms with Gasteiger partial charge in [-0.05, 0) is 55.5 Å². The Morgan fingerprint density at radius 1 is 0.868 bits per heavy atom. The van der Waals surface area contributed by atoms with Crippen molar-refractivity contribution in [2.75, 3.05) is 16.6 Å². The quantitative estimate of drug-likeness (QED) is 0.229. The van der Waals surface area contributed by atoms with Gasteiger partial charge < -0.3 is 10.1 Å². The van der Waals surface area contributed by atoms with Gasteiger partial charge in [0.15, 0.2) is 12.4 Å². The normalized spacial score (nSPS) is 11.0. The Morgan fingerprint density at radius 3 is 2.26 bits per heavy atom. The highest BCUT2D eigenvalue weighted by molar-refractivity contribution is 7.92. The second kappa shape index (κ2) is 11.7. The molecule has 0 fully saturated rings. The second-order valence-corrected chi connectivity index (χ2v) is 10.8. The molecule has 0 aromatic heterocycles. The number of halogens is 2. The lowest BCUT2D eigenvalue weighted by atomic mass is 10.0. The van der Waals surface area contributed by atoms with E-state index in [9.17, 15) is 18.0 Å². The summed E-state index contributed by atoms with van der Waals surface area (Å²) >= 11 is 12.3. The topological polar surface area (TPSA) is 102 Å². The maximum Gasteiger partial charge on any atom is 0.262 e. The standard InChI is InChI=1S/C28H22Cl2N2O5S/c1-18-7-10-21(11-8-18)32-38(35,36)22-12-14-26(24(30)16-22)37-17-27(33)31-25-13-9-20(29)15-23(25)28(34)19-5-3-2-4-6-19/h2-16,32H,17H2,1H3,(H,31,33). The first-order valence-corrected chi connectivity index (χ1v) is 13.6. The van der Waals surface area contributed by atoms with Crippen LogP contribution < -0.4 is 14.8 Å². The highest BCUT2D eigenvalue weighted by atomic mass is 35.5. The predicted molar refractivity (Wildman–Crippen MR) is 149 cm³/mol. The van der Waals surface area contributed by atoms with E-state index < -0.39 is 22.5 Å². The van der Waals surface area contributed by atoms with Gasteiger partial charge in [0.2, 0.25) is 0 Å². The van der Waals surface area contributed by atoms with Gasteiger partial charge >= 0.3 is 0 Å². The molecule has 0 aliphatic carbocycles. The van der Waals surface area contributed by atoms with Crippen LogP contribution in [0.1, 0.15) is 21.5 Å². The van der Waals surface area contributed by atoms with Crippen molar-refractivity contribution in [2.24, 2.45) is 0 Å². The van der Waals surface area contributed by atoms with Gasteiger partial charge in [0, 0.05) is 21.8 Å². The SMILES string of the molecule is Cc1ccc(NS(=O)(=O)c2ccc(OCC(=O)Nc3ccc(Cl)cc3C(=O)c3ccccc3)c(Cl)c2)cc1. The highest BCUT2D eigenvalue weighted by Gasteiger charge is 2.19. The number of sulfonamides is 1. The predicted octanol–water partition coefficient (Wildman–Crippen LogP) is 6.35. The molecule has 4 aromatic rings. The van der Waals surface area contributed by atoms with Crippen LogP contribution in [0.5, 0.6) is 5.75 Å². The molecule has 1 amide bonds. The molecule has 0 radical (unpaired) electrons. The van der Waals surface area contributed by atoms with Crippen LogP contribution in [0.4, 0.5) is 11.4 Å². The van der Waals surface area contributed by atoms with E-state index in [1.54, 1.807) is 60.7 Å². The summed E-state index contributed by atoms with van der Waals surface area (Å²) in [6.45, 7) is 1.46. The summed E-state index contributed by atoms with van der Waals surface area (Å²) in [6, 6.07) is 24.0. The third kappa shape index (κ3) is 6.72. The third-order valence-corrected chi connectivity index (χ3v) is 7.32. The molecule has 0 spiro atoms. The number of hydrogen-bond donors (Lipinski definition) is 2. The van der Waals surface area contributed by atoms with Crippen LogP contribution in [0.25, 0.3) is 0 Å². The fourth-order valence-corrected chi connectivity index (χ4v) is 5.05. The van der Waals surface area contributed by atoms with Gasteiger partial charge in [-0.1, -0.05) is 71.2 Å². The van der Waals surface area contributed by atoms with Crippen molar-refractivity contribution in [3.63, 3.8) is 0 Å². The zero-order chi connectivity index (χ0) is 27.3. The molecule has 0 atom stereocenters. The number of anilines is 2. The van der Waals surface area contributed by atoms with Crippen LogP contribution in [0, 0.1) is 6.92 Å². The lowest BCUT2D eigenvalue weighted by molar-refractivity contribution is -0.118. The van der Waals surface area contributed by atoms with Gasteiger partial charge in [0.05, 0.1) is 15.6 Å². The van der Waals surface area contributed by atoms with Crippen LogP contribution in [0.2, 0.25) is 10.0 Å². The van der Waals surface area contributed by atoms with Crippen molar-refractivity contribution in [2.45, 2.75) is 11.8 Å². The Kier molecular flexibility index (Phi) is 8.36. The van der Waals surface area contributed by atoms with Gasteiger partial charge in [-0.25, -0.2) is 8.42 Å². The first-order valence-electron chi connectivity index (χ1n) is 11.3. The number of carbonyl (C=O) groups excluding carboxylic acids is 2. The molecule has 0 unspecified atom stereocenters. The Bertz CT molecular complexity index is 1590. The molecular weight excluding hydrogens is 547 g/mol. The van der Waals surface area contributed by atoms with Gasteiger partial charge in [-0.3, -0.25) is 14.3 Å². The van der Waals surface area contributed by atoms with E-state index in [1.165, 1.54) is 30.3 Å². The molecule has 194 valence electrons. The third-order valence-electron chi connectivity index (χ3n) is 5.41. The van der Waals surface area contributed by atoms with E-state index in [2.05, 4.69) is 10.0 Å². The molecular formula is C28H22Cl2N2O5S. The number of carbonyl (C=O) groups is 2. The van der Waals surface area contributed by atoms with Crippen LogP contribution >= 0.6 is 23.2 Å². The Morgan fingerprint density at radius 2 is 1.58 bits per heavy atom. The minimum absolute atomic E-state index is 0.0102. The summed E-state index contributed by atoms with van der Waals surface area (Å²) in [4.78, 5) is 25.5. The lowest BCUT2D eigenvalue weighted by Gasteiger charge is -2.13. The number of amides is 1. The Hall–Kier alpha value is -3.85. The van der Waals surface area contributed by atoms with Crippen molar-refractivity contribution in [3.8, 4) is 5.75 Å². The van der Waals surface area contributed by atoms with Crippen molar-refractivity contribution >= 4 is 56.3 Å². The average Bonchev–Trinajstić information content (AvgIpc) is 2.90.